The number of carbonyl (C=O) groups excluding carboxylic acids is 1. The largest absolute Gasteiger partial charge is 0.468 e. The molecule has 7 nitrogen and oxygen atoms in total. The number of halogens is 1. The SMILES string of the molecule is CCNC(=NCC(c1ccco1)N1CCCC1)NCCNC(C)=O.I. The van der Waals surface area contributed by atoms with E-state index in [4.69, 9.17) is 9.41 Å². The van der Waals surface area contributed by atoms with Crippen molar-refractivity contribution >= 4 is 35.8 Å². The molecular weight excluding hydrogens is 433 g/mol. The van der Waals surface area contributed by atoms with Crippen LogP contribution in [0, 0.1) is 0 Å². The van der Waals surface area contributed by atoms with E-state index < -0.39 is 0 Å². The quantitative estimate of drug-likeness (QED) is 0.237. The van der Waals surface area contributed by atoms with E-state index in [1.165, 1.54) is 19.8 Å². The lowest BCUT2D eigenvalue weighted by Gasteiger charge is -2.24. The third-order valence-electron chi connectivity index (χ3n) is 4.01. The second-order valence-electron chi connectivity index (χ2n) is 5.90. The summed E-state index contributed by atoms with van der Waals surface area (Å²) in [5, 5.41) is 9.25. The van der Waals surface area contributed by atoms with Gasteiger partial charge in [-0.05, 0) is 45.0 Å². The van der Waals surface area contributed by atoms with Gasteiger partial charge in [0, 0.05) is 26.6 Å². The monoisotopic (exact) mass is 463 g/mol. The Morgan fingerprint density at radius 2 is 2.00 bits per heavy atom. The summed E-state index contributed by atoms with van der Waals surface area (Å²) in [6.07, 6.45) is 4.19. The van der Waals surface area contributed by atoms with Gasteiger partial charge in [-0.15, -0.1) is 24.0 Å². The molecule has 1 aromatic heterocycles. The van der Waals surface area contributed by atoms with Crippen molar-refractivity contribution in [3.05, 3.63) is 24.2 Å². The van der Waals surface area contributed by atoms with E-state index in [2.05, 4.69) is 20.9 Å². The van der Waals surface area contributed by atoms with Crippen LogP contribution in [0.1, 0.15) is 38.5 Å². The van der Waals surface area contributed by atoms with Gasteiger partial charge in [0.15, 0.2) is 5.96 Å². The van der Waals surface area contributed by atoms with Crippen LogP contribution in [0.3, 0.4) is 0 Å². The van der Waals surface area contributed by atoms with Gasteiger partial charge in [0.2, 0.25) is 5.91 Å². The van der Waals surface area contributed by atoms with Crippen molar-refractivity contribution in [2.75, 3.05) is 39.3 Å². The number of likely N-dealkylation sites (tertiary alicyclic amines) is 1. The maximum absolute atomic E-state index is 10.9. The molecular formula is C17H30IN5O2. The van der Waals surface area contributed by atoms with Gasteiger partial charge >= 0.3 is 0 Å². The molecule has 2 rings (SSSR count). The van der Waals surface area contributed by atoms with Crippen LogP contribution in [0.25, 0.3) is 0 Å². The Balaban J connectivity index is 0.00000312. The number of nitrogens with zero attached hydrogens (tertiary/aromatic N) is 2. The Hall–Kier alpha value is -1.29. The van der Waals surface area contributed by atoms with Crippen LogP contribution in [0.5, 0.6) is 0 Å². The highest BCUT2D eigenvalue weighted by Crippen LogP contribution is 2.25. The number of amides is 1. The fourth-order valence-corrected chi connectivity index (χ4v) is 2.86. The zero-order valence-corrected chi connectivity index (χ0v) is 17.4. The van der Waals surface area contributed by atoms with Crippen molar-refractivity contribution in [1.82, 2.24) is 20.9 Å². The fraction of sp³-hybridized carbons (Fsp3) is 0.647. The molecule has 0 spiro atoms. The summed E-state index contributed by atoms with van der Waals surface area (Å²) in [7, 11) is 0. The van der Waals surface area contributed by atoms with E-state index in [1.54, 1.807) is 6.26 Å². The summed E-state index contributed by atoms with van der Waals surface area (Å²) >= 11 is 0. The first-order valence-corrected chi connectivity index (χ1v) is 8.74. The smallest absolute Gasteiger partial charge is 0.216 e. The van der Waals surface area contributed by atoms with Crippen molar-refractivity contribution < 1.29 is 9.21 Å². The second-order valence-corrected chi connectivity index (χ2v) is 5.90. The Kier molecular flexibility index (Phi) is 10.6. The molecule has 0 aliphatic carbocycles. The molecule has 8 heteroatoms. The number of guanidine groups is 1. The van der Waals surface area contributed by atoms with Gasteiger partial charge in [-0.2, -0.15) is 0 Å². The van der Waals surface area contributed by atoms with Gasteiger partial charge in [0.25, 0.3) is 0 Å². The van der Waals surface area contributed by atoms with Crippen LogP contribution >= 0.6 is 24.0 Å². The number of hydrogen-bond donors (Lipinski definition) is 3. The van der Waals surface area contributed by atoms with Crippen LogP contribution in [0.2, 0.25) is 0 Å². The number of carbonyl (C=O) groups is 1. The number of aliphatic imine (C=N–C) groups is 1. The van der Waals surface area contributed by atoms with Crippen molar-refractivity contribution in [2.24, 2.45) is 4.99 Å². The minimum atomic E-state index is -0.0225. The summed E-state index contributed by atoms with van der Waals surface area (Å²) in [5.41, 5.74) is 0. The highest BCUT2D eigenvalue weighted by Gasteiger charge is 2.25. The molecule has 0 radical (unpaired) electrons. The molecule has 142 valence electrons. The minimum absolute atomic E-state index is 0. The molecule has 1 aliphatic rings. The molecule has 1 aliphatic heterocycles. The summed E-state index contributed by atoms with van der Waals surface area (Å²) in [4.78, 5) is 18.1. The lowest BCUT2D eigenvalue weighted by atomic mass is 10.2. The van der Waals surface area contributed by atoms with Gasteiger partial charge in [-0.3, -0.25) is 14.7 Å². The highest BCUT2D eigenvalue weighted by molar-refractivity contribution is 14.0. The number of furan rings is 1. The first-order chi connectivity index (χ1) is 11.7. The predicted octanol–water partition coefficient (Wildman–Crippen LogP) is 1.73. The summed E-state index contributed by atoms with van der Waals surface area (Å²) in [6, 6.07) is 4.13. The summed E-state index contributed by atoms with van der Waals surface area (Å²) in [6.45, 7) is 8.39. The molecule has 25 heavy (non-hydrogen) atoms. The molecule has 2 heterocycles. The first kappa shape index (κ1) is 21.8. The fourth-order valence-electron chi connectivity index (χ4n) is 2.86. The van der Waals surface area contributed by atoms with Crippen LogP contribution in [-0.2, 0) is 4.79 Å². The van der Waals surface area contributed by atoms with Crippen molar-refractivity contribution in [2.45, 2.75) is 32.7 Å². The lowest BCUT2D eigenvalue weighted by Crippen LogP contribution is -2.41. The topological polar surface area (TPSA) is 81.9 Å². The summed E-state index contributed by atoms with van der Waals surface area (Å²) in [5.74, 6) is 1.71. The zero-order chi connectivity index (χ0) is 17.2. The summed E-state index contributed by atoms with van der Waals surface area (Å²) < 4.78 is 5.63. The van der Waals surface area contributed by atoms with E-state index in [0.717, 1.165) is 31.4 Å². The molecule has 1 atom stereocenters. The first-order valence-electron chi connectivity index (χ1n) is 8.74. The maximum atomic E-state index is 10.9. The van der Waals surface area contributed by atoms with E-state index >= 15 is 0 Å². The van der Waals surface area contributed by atoms with Crippen LogP contribution in [-0.4, -0.2) is 56.0 Å². The van der Waals surface area contributed by atoms with E-state index in [9.17, 15) is 4.79 Å². The molecule has 1 saturated heterocycles. The van der Waals surface area contributed by atoms with E-state index in [0.29, 0.717) is 19.6 Å². The van der Waals surface area contributed by atoms with Crippen LogP contribution in [0.15, 0.2) is 27.8 Å². The molecule has 0 bridgehead atoms. The molecule has 1 unspecified atom stereocenters. The molecule has 3 N–H and O–H groups in total. The number of nitrogens with one attached hydrogen (secondary N) is 3. The van der Waals surface area contributed by atoms with Gasteiger partial charge in [-0.25, -0.2) is 0 Å². The molecule has 0 saturated carbocycles. The zero-order valence-electron chi connectivity index (χ0n) is 15.1. The minimum Gasteiger partial charge on any atom is -0.468 e. The van der Waals surface area contributed by atoms with E-state index in [1.807, 2.05) is 19.1 Å². The molecule has 1 amide bonds. The molecule has 1 fully saturated rings. The number of hydrogen-bond acceptors (Lipinski definition) is 4. The molecule has 1 aromatic rings. The number of rotatable bonds is 8. The van der Waals surface area contributed by atoms with Gasteiger partial charge in [-0.1, -0.05) is 0 Å². The Morgan fingerprint density at radius 3 is 2.60 bits per heavy atom. The van der Waals surface area contributed by atoms with Crippen LogP contribution in [0.4, 0.5) is 0 Å². The Labute approximate surface area is 167 Å². The Bertz CT molecular complexity index is 515. The van der Waals surface area contributed by atoms with Crippen LogP contribution < -0.4 is 16.0 Å². The lowest BCUT2D eigenvalue weighted by molar-refractivity contribution is -0.118. The van der Waals surface area contributed by atoms with Gasteiger partial charge < -0.3 is 20.4 Å². The average molecular weight is 463 g/mol. The third kappa shape index (κ3) is 7.64. The van der Waals surface area contributed by atoms with Crippen molar-refractivity contribution in [1.29, 1.82) is 0 Å². The predicted molar refractivity (Wildman–Crippen MR) is 110 cm³/mol. The normalized spacial score (nSPS) is 16.2. The van der Waals surface area contributed by atoms with Crippen molar-refractivity contribution in [3.8, 4) is 0 Å². The Morgan fingerprint density at radius 1 is 1.28 bits per heavy atom. The van der Waals surface area contributed by atoms with E-state index in [-0.39, 0.29) is 35.9 Å². The molecule has 0 aromatic carbocycles. The van der Waals surface area contributed by atoms with Gasteiger partial charge in [0.1, 0.15) is 5.76 Å². The average Bonchev–Trinajstić information content (AvgIpc) is 3.25. The maximum Gasteiger partial charge on any atom is 0.216 e. The van der Waals surface area contributed by atoms with Gasteiger partial charge in [0.05, 0.1) is 18.8 Å². The second kappa shape index (κ2) is 12.1. The standard InChI is InChI=1S/C17H29N5O2.HI/c1-3-18-17(20-9-8-19-14(2)23)21-13-15(16-7-6-12-24-16)22-10-4-5-11-22;/h6-7,12,15H,3-5,8-11,13H2,1-2H3,(H,19,23)(H2,18,20,21);1H. The highest BCUT2D eigenvalue weighted by atomic mass is 127. The third-order valence-corrected chi connectivity index (χ3v) is 4.01. The van der Waals surface area contributed by atoms with Crippen molar-refractivity contribution in [3.63, 3.8) is 0 Å².